The number of hydrogen-bond acceptors (Lipinski definition) is 2. The van der Waals surface area contributed by atoms with Crippen molar-refractivity contribution in [1.29, 1.82) is 0 Å². The molecule has 2 aromatic heterocycles. The first-order chi connectivity index (χ1) is 22.4. The van der Waals surface area contributed by atoms with Gasteiger partial charge >= 0.3 is 0 Å². The van der Waals surface area contributed by atoms with Crippen LogP contribution in [-0.2, 0) is 0 Å². The number of aromatic nitrogens is 1. The van der Waals surface area contributed by atoms with Gasteiger partial charge in [-0.05, 0) is 60.7 Å². The molecule has 2 heterocycles. The topological polar surface area (TPSA) is 21.3 Å². The van der Waals surface area contributed by atoms with Crippen molar-refractivity contribution in [1.82, 2.24) is 4.57 Å². The Morgan fingerprint density at radius 1 is 0.422 bits per heavy atom. The van der Waals surface area contributed by atoms with E-state index < -0.39 is 0 Å². The van der Waals surface area contributed by atoms with Gasteiger partial charge in [0, 0.05) is 38.5 Å². The maximum atomic E-state index is 6.81. The fourth-order valence-corrected chi connectivity index (χ4v) is 6.87. The number of nitrogens with zero attached hydrogens (tertiary/aromatic N) is 2. The standard InChI is InChI=1S/C42H28N2O/c1-3-15-29(16-4-1)43(30-17-5-2-6-18-30)39-28-27-34-33-21-10-14-26-40(33)45-42(34)41(39)35-22-9-13-25-38(35)44-36-23-11-7-19-31(36)32-20-8-12-24-37(32)44/h1-28H. The van der Waals surface area contributed by atoms with Crippen LogP contribution in [0.2, 0.25) is 0 Å². The number of fused-ring (bicyclic) bond motifs is 6. The van der Waals surface area contributed by atoms with Crippen LogP contribution in [0.25, 0.3) is 60.6 Å². The van der Waals surface area contributed by atoms with Gasteiger partial charge in [-0.3, -0.25) is 0 Å². The van der Waals surface area contributed by atoms with E-state index in [2.05, 4.69) is 173 Å². The second kappa shape index (κ2) is 10.3. The van der Waals surface area contributed by atoms with Crippen molar-refractivity contribution in [2.75, 3.05) is 4.90 Å². The fraction of sp³-hybridized carbons (Fsp3) is 0. The van der Waals surface area contributed by atoms with E-state index in [-0.39, 0.29) is 0 Å². The van der Waals surface area contributed by atoms with Crippen LogP contribution in [0.3, 0.4) is 0 Å². The number of benzene rings is 7. The Morgan fingerprint density at radius 2 is 0.956 bits per heavy atom. The first kappa shape index (κ1) is 25.4. The van der Waals surface area contributed by atoms with Gasteiger partial charge in [0.25, 0.3) is 0 Å². The van der Waals surface area contributed by atoms with Gasteiger partial charge < -0.3 is 13.9 Å². The molecule has 0 fully saturated rings. The van der Waals surface area contributed by atoms with Crippen LogP contribution >= 0.6 is 0 Å². The van der Waals surface area contributed by atoms with E-state index in [0.29, 0.717) is 0 Å². The Labute approximate surface area is 260 Å². The Bertz CT molecular complexity index is 2400. The van der Waals surface area contributed by atoms with E-state index in [9.17, 15) is 0 Å². The van der Waals surface area contributed by atoms with Crippen LogP contribution in [0.5, 0.6) is 0 Å². The number of hydrogen-bond donors (Lipinski definition) is 0. The number of rotatable bonds is 5. The zero-order valence-corrected chi connectivity index (χ0v) is 24.5. The average Bonchev–Trinajstić information content (AvgIpc) is 3.65. The van der Waals surface area contributed by atoms with Crippen LogP contribution < -0.4 is 4.90 Å². The molecule has 7 aromatic carbocycles. The predicted octanol–water partition coefficient (Wildman–Crippen LogP) is 11.8. The molecule has 3 nitrogen and oxygen atoms in total. The molecule has 0 saturated heterocycles. The second-order valence-electron chi connectivity index (χ2n) is 11.3. The summed E-state index contributed by atoms with van der Waals surface area (Å²) in [6.45, 7) is 0. The lowest BCUT2D eigenvalue weighted by atomic mass is 9.97. The van der Waals surface area contributed by atoms with E-state index >= 15 is 0 Å². The molecule has 9 rings (SSSR count). The highest BCUT2D eigenvalue weighted by molar-refractivity contribution is 6.15. The third-order valence-electron chi connectivity index (χ3n) is 8.79. The van der Waals surface area contributed by atoms with E-state index in [1.165, 1.54) is 21.8 Å². The molecule has 3 heteroatoms. The van der Waals surface area contributed by atoms with Gasteiger partial charge in [0.1, 0.15) is 11.2 Å². The lowest BCUT2D eigenvalue weighted by molar-refractivity contribution is 0.670. The molecule has 0 N–H and O–H groups in total. The quantitative estimate of drug-likeness (QED) is 0.203. The molecular weight excluding hydrogens is 548 g/mol. The van der Waals surface area contributed by atoms with Gasteiger partial charge in [-0.25, -0.2) is 0 Å². The lowest BCUT2D eigenvalue weighted by Crippen LogP contribution is -2.11. The number of para-hydroxylation sites is 6. The van der Waals surface area contributed by atoms with Gasteiger partial charge in [0.05, 0.1) is 28.0 Å². The third kappa shape index (κ3) is 3.98. The summed E-state index contributed by atoms with van der Waals surface area (Å²) in [7, 11) is 0. The Morgan fingerprint density at radius 3 is 1.62 bits per heavy atom. The second-order valence-corrected chi connectivity index (χ2v) is 11.3. The zero-order chi connectivity index (χ0) is 29.7. The minimum absolute atomic E-state index is 0.874. The van der Waals surface area contributed by atoms with Gasteiger partial charge in [-0.2, -0.15) is 0 Å². The van der Waals surface area contributed by atoms with E-state index in [1.807, 2.05) is 6.07 Å². The first-order valence-corrected chi connectivity index (χ1v) is 15.3. The van der Waals surface area contributed by atoms with Crippen LogP contribution in [0.1, 0.15) is 0 Å². The van der Waals surface area contributed by atoms with Gasteiger partial charge in [0.2, 0.25) is 0 Å². The summed E-state index contributed by atoms with van der Waals surface area (Å²) in [5.74, 6) is 0. The molecule has 0 atom stereocenters. The van der Waals surface area contributed by atoms with E-state index in [1.54, 1.807) is 0 Å². The molecule has 0 radical (unpaired) electrons. The molecule has 0 aliphatic rings. The fourth-order valence-electron chi connectivity index (χ4n) is 6.87. The molecule has 45 heavy (non-hydrogen) atoms. The molecule has 212 valence electrons. The SMILES string of the molecule is c1ccc(N(c2ccccc2)c2ccc3c(oc4ccccc43)c2-c2ccccc2-n2c3ccccc3c3ccccc32)cc1. The Kier molecular flexibility index (Phi) is 5.82. The predicted molar refractivity (Wildman–Crippen MR) is 188 cm³/mol. The number of anilines is 3. The minimum Gasteiger partial charge on any atom is -0.455 e. The Balaban J connectivity index is 1.43. The van der Waals surface area contributed by atoms with Crippen molar-refractivity contribution in [2.24, 2.45) is 0 Å². The van der Waals surface area contributed by atoms with Crippen molar-refractivity contribution < 1.29 is 4.42 Å². The van der Waals surface area contributed by atoms with Gasteiger partial charge in [-0.15, -0.1) is 0 Å². The summed E-state index contributed by atoms with van der Waals surface area (Å²) in [6.07, 6.45) is 0. The van der Waals surface area contributed by atoms with Crippen molar-refractivity contribution in [3.05, 3.63) is 170 Å². The van der Waals surface area contributed by atoms with Gasteiger partial charge in [0.15, 0.2) is 0 Å². The van der Waals surface area contributed by atoms with E-state index in [4.69, 9.17) is 4.42 Å². The lowest BCUT2D eigenvalue weighted by Gasteiger charge is -2.28. The van der Waals surface area contributed by atoms with Crippen LogP contribution in [0, 0.1) is 0 Å². The maximum Gasteiger partial charge on any atom is 0.145 e. The van der Waals surface area contributed by atoms with E-state index in [0.717, 1.165) is 55.8 Å². The number of furan rings is 1. The molecule has 0 bridgehead atoms. The monoisotopic (exact) mass is 576 g/mol. The summed E-state index contributed by atoms with van der Waals surface area (Å²) < 4.78 is 9.22. The zero-order valence-electron chi connectivity index (χ0n) is 24.5. The molecule has 0 unspecified atom stereocenters. The van der Waals surface area contributed by atoms with Crippen molar-refractivity contribution >= 4 is 60.8 Å². The van der Waals surface area contributed by atoms with Crippen molar-refractivity contribution in [3.63, 3.8) is 0 Å². The van der Waals surface area contributed by atoms with Crippen molar-refractivity contribution in [3.8, 4) is 16.8 Å². The highest BCUT2D eigenvalue weighted by Crippen LogP contribution is 2.48. The minimum atomic E-state index is 0.874. The summed E-state index contributed by atoms with van der Waals surface area (Å²) in [5.41, 5.74) is 10.6. The molecule has 0 saturated carbocycles. The summed E-state index contributed by atoms with van der Waals surface area (Å²) in [6, 6.07) is 60.0. The largest absolute Gasteiger partial charge is 0.455 e. The van der Waals surface area contributed by atoms with Crippen LogP contribution in [0.15, 0.2) is 174 Å². The molecule has 0 spiro atoms. The highest BCUT2D eigenvalue weighted by atomic mass is 16.3. The molecular formula is C42H28N2O. The molecule has 9 aromatic rings. The Hall–Kier alpha value is -6.06. The summed E-state index contributed by atoms with van der Waals surface area (Å²) in [4.78, 5) is 2.34. The molecule has 0 aliphatic carbocycles. The van der Waals surface area contributed by atoms with Crippen LogP contribution in [0.4, 0.5) is 17.1 Å². The summed E-state index contributed by atoms with van der Waals surface area (Å²) in [5, 5.41) is 4.68. The smallest absolute Gasteiger partial charge is 0.145 e. The highest BCUT2D eigenvalue weighted by Gasteiger charge is 2.25. The maximum absolute atomic E-state index is 6.81. The van der Waals surface area contributed by atoms with Crippen LogP contribution in [-0.4, -0.2) is 4.57 Å². The summed E-state index contributed by atoms with van der Waals surface area (Å²) >= 11 is 0. The first-order valence-electron chi connectivity index (χ1n) is 15.3. The normalized spacial score (nSPS) is 11.6. The van der Waals surface area contributed by atoms with Crippen molar-refractivity contribution in [2.45, 2.75) is 0 Å². The average molecular weight is 577 g/mol. The molecule has 0 amide bonds. The molecule has 0 aliphatic heterocycles. The van der Waals surface area contributed by atoms with Gasteiger partial charge in [-0.1, -0.05) is 109 Å². The third-order valence-corrected chi connectivity index (χ3v) is 8.79.